The predicted molar refractivity (Wildman–Crippen MR) is 124 cm³/mol. The van der Waals surface area contributed by atoms with Gasteiger partial charge in [0.05, 0.1) is 16.7 Å². The number of imidazole rings is 1. The Bertz CT molecular complexity index is 1300. The first-order valence-corrected chi connectivity index (χ1v) is 10.1. The molecule has 0 aliphatic rings. The van der Waals surface area contributed by atoms with Crippen LogP contribution in [0.25, 0.3) is 33.4 Å². The van der Waals surface area contributed by atoms with Crippen LogP contribution < -0.4 is 15.5 Å². The predicted octanol–water partition coefficient (Wildman–Crippen LogP) is 3.57. The maximum Gasteiger partial charge on any atom is 0.321 e. The molecule has 3 aromatic heterocycles. The Morgan fingerprint density at radius 2 is 1.91 bits per heavy atom. The molecule has 0 aliphatic carbocycles. The molecule has 0 unspecified atom stereocenters. The lowest BCUT2D eigenvalue weighted by atomic mass is 10.0. The number of nitrogens with zero attached hydrogens (tertiary/aromatic N) is 5. The van der Waals surface area contributed by atoms with Crippen LogP contribution in [0.1, 0.15) is 13.8 Å². The number of aromatic nitrogens is 4. The maximum absolute atomic E-state index is 11.9. The summed E-state index contributed by atoms with van der Waals surface area (Å²) in [5.41, 5.74) is 10.1. The maximum atomic E-state index is 11.9. The second-order valence-corrected chi connectivity index (χ2v) is 7.26. The van der Waals surface area contributed by atoms with Crippen LogP contribution in [0.2, 0.25) is 0 Å². The van der Waals surface area contributed by atoms with Crippen molar-refractivity contribution in [3.63, 3.8) is 0 Å². The molecule has 0 atom stereocenters. The number of benzene rings is 1. The van der Waals surface area contributed by atoms with Gasteiger partial charge in [0, 0.05) is 44.0 Å². The number of rotatable bonds is 5. The van der Waals surface area contributed by atoms with Crippen molar-refractivity contribution < 1.29 is 9.59 Å². The van der Waals surface area contributed by atoms with Crippen molar-refractivity contribution in [2.45, 2.75) is 13.8 Å². The Morgan fingerprint density at radius 1 is 1.09 bits per heavy atom. The van der Waals surface area contributed by atoms with Crippen molar-refractivity contribution in [1.29, 1.82) is 0 Å². The number of amides is 3. The van der Waals surface area contributed by atoms with Crippen LogP contribution in [0, 0.1) is 0 Å². The van der Waals surface area contributed by atoms with Gasteiger partial charge in [0.2, 0.25) is 11.9 Å². The van der Waals surface area contributed by atoms with Crippen molar-refractivity contribution >= 4 is 34.7 Å². The third-order valence-electron chi connectivity index (χ3n) is 5.23. The van der Waals surface area contributed by atoms with Crippen LogP contribution >= 0.6 is 0 Å². The van der Waals surface area contributed by atoms with E-state index in [0.29, 0.717) is 29.5 Å². The van der Waals surface area contributed by atoms with Crippen molar-refractivity contribution in [1.82, 2.24) is 19.9 Å². The lowest BCUT2D eigenvalue weighted by molar-refractivity contribution is -0.116. The average Bonchev–Trinajstić information content (AvgIpc) is 3.22. The van der Waals surface area contributed by atoms with Gasteiger partial charge in [-0.05, 0) is 42.8 Å². The number of nitrogens with one attached hydrogen (secondary N) is 1. The number of fused-ring (bicyclic) bond motifs is 1. The second kappa shape index (κ2) is 8.46. The van der Waals surface area contributed by atoms with Crippen LogP contribution in [0.3, 0.4) is 0 Å². The number of carbonyl (C=O) groups excluding carboxylic acids is 2. The standard InChI is InChI=1S/C23H23N7O2/c1-4-30(22(24)32)23-27-19-12-16(15-7-6-10-25-13-15)11-17(21(19)28-23)18-8-5-9-20(26-18)29(3)14(2)31/h5-13H,4H2,1-3H3,(H2,24,32)(H,27,28). The summed E-state index contributed by atoms with van der Waals surface area (Å²) in [7, 11) is 1.68. The van der Waals surface area contributed by atoms with Gasteiger partial charge in [-0.15, -0.1) is 0 Å². The van der Waals surface area contributed by atoms with Crippen LogP contribution in [0.4, 0.5) is 16.6 Å². The van der Waals surface area contributed by atoms with Gasteiger partial charge in [0.25, 0.3) is 0 Å². The average molecular weight is 429 g/mol. The van der Waals surface area contributed by atoms with Gasteiger partial charge < -0.3 is 15.6 Å². The van der Waals surface area contributed by atoms with Gasteiger partial charge in [-0.3, -0.25) is 14.7 Å². The topological polar surface area (TPSA) is 121 Å². The highest BCUT2D eigenvalue weighted by atomic mass is 16.2. The monoisotopic (exact) mass is 429 g/mol. The summed E-state index contributed by atoms with van der Waals surface area (Å²) < 4.78 is 0. The summed E-state index contributed by atoms with van der Waals surface area (Å²) in [6.45, 7) is 3.68. The molecule has 9 heteroatoms. The second-order valence-electron chi connectivity index (χ2n) is 7.26. The molecule has 32 heavy (non-hydrogen) atoms. The number of H-pyrrole nitrogens is 1. The summed E-state index contributed by atoms with van der Waals surface area (Å²) >= 11 is 0. The molecule has 1 aromatic carbocycles. The Kier molecular flexibility index (Phi) is 5.55. The molecule has 3 N–H and O–H groups in total. The number of urea groups is 1. The van der Waals surface area contributed by atoms with Crippen molar-refractivity contribution in [2.75, 3.05) is 23.4 Å². The number of primary amides is 1. The quantitative estimate of drug-likeness (QED) is 0.502. The molecule has 4 aromatic rings. The minimum atomic E-state index is -0.594. The fourth-order valence-corrected chi connectivity index (χ4v) is 3.46. The largest absolute Gasteiger partial charge is 0.351 e. The van der Waals surface area contributed by atoms with Gasteiger partial charge in [0.15, 0.2) is 0 Å². The molecular weight excluding hydrogens is 406 g/mol. The van der Waals surface area contributed by atoms with E-state index in [1.807, 2.05) is 43.3 Å². The number of anilines is 2. The highest BCUT2D eigenvalue weighted by Gasteiger charge is 2.19. The zero-order chi connectivity index (χ0) is 22.8. The molecule has 162 valence electrons. The molecule has 4 rings (SSSR count). The van der Waals surface area contributed by atoms with Crippen molar-refractivity contribution in [3.05, 3.63) is 54.9 Å². The third kappa shape index (κ3) is 3.87. The van der Waals surface area contributed by atoms with Crippen LogP contribution in [0.15, 0.2) is 54.9 Å². The summed E-state index contributed by atoms with van der Waals surface area (Å²) in [5.74, 6) is 0.764. The SMILES string of the molecule is CCN(C(N)=O)c1nc2c(-c3cccc(N(C)C(C)=O)n3)cc(-c3cccnc3)cc2[nH]1. The normalized spacial score (nSPS) is 10.8. The fraction of sp³-hybridized carbons (Fsp3) is 0.174. The van der Waals surface area contributed by atoms with Crippen molar-refractivity contribution in [3.8, 4) is 22.4 Å². The molecule has 0 spiro atoms. The van der Waals surface area contributed by atoms with Crippen LogP contribution in [0.5, 0.6) is 0 Å². The zero-order valence-electron chi connectivity index (χ0n) is 18.0. The molecule has 0 saturated heterocycles. The molecule has 3 amide bonds. The van der Waals surface area contributed by atoms with Gasteiger partial charge in [-0.1, -0.05) is 12.1 Å². The molecule has 0 radical (unpaired) electrons. The minimum absolute atomic E-state index is 0.119. The minimum Gasteiger partial charge on any atom is -0.351 e. The first kappa shape index (κ1) is 21.0. The van der Waals surface area contributed by atoms with E-state index in [0.717, 1.165) is 22.2 Å². The van der Waals surface area contributed by atoms with E-state index in [2.05, 4.69) is 19.9 Å². The first-order chi connectivity index (χ1) is 15.4. The van der Waals surface area contributed by atoms with E-state index >= 15 is 0 Å². The molecule has 3 heterocycles. The number of aromatic amines is 1. The number of nitrogens with two attached hydrogens (primary N) is 1. The third-order valence-corrected chi connectivity index (χ3v) is 5.23. The van der Waals surface area contributed by atoms with E-state index in [4.69, 9.17) is 5.73 Å². The Morgan fingerprint density at radius 3 is 2.56 bits per heavy atom. The smallest absolute Gasteiger partial charge is 0.321 e. The van der Waals surface area contributed by atoms with Gasteiger partial charge in [-0.25, -0.2) is 14.8 Å². The number of hydrogen-bond donors (Lipinski definition) is 2. The summed E-state index contributed by atoms with van der Waals surface area (Å²) in [6, 6.07) is 12.6. The van der Waals surface area contributed by atoms with E-state index in [-0.39, 0.29) is 5.91 Å². The Labute approximate surface area is 184 Å². The molecule has 0 aliphatic heterocycles. The molecule has 0 saturated carbocycles. The van der Waals surface area contributed by atoms with E-state index in [1.54, 1.807) is 25.5 Å². The molecular formula is C23H23N7O2. The zero-order valence-corrected chi connectivity index (χ0v) is 18.0. The lowest BCUT2D eigenvalue weighted by Gasteiger charge is -2.15. The fourth-order valence-electron chi connectivity index (χ4n) is 3.46. The van der Waals surface area contributed by atoms with E-state index < -0.39 is 6.03 Å². The van der Waals surface area contributed by atoms with Gasteiger partial charge in [-0.2, -0.15) is 0 Å². The van der Waals surface area contributed by atoms with Gasteiger partial charge in [0.1, 0.15) is 5.82 Å². The highest BCUT2D eigenvalue weighted by molar-refractivity contribution is 5.98. The Balaban J connectivity index is 1.95. The summed E-state index contributed by atoms with van der Waals surface area (Å²) in [5, 5.41) is 0. The Hall–Kier alpha value is -4.27. The number of carbonyl (C=O) groups is 2. The first-order valence-electron chi connectivity index (χ1n) is 10.1. The van der Waals surface area contributed by atoms with Crippen molar-refractivity contribution in [2.24, 2.45) is 5.73 Å². The van der Waals surface area contributed by atoms with E-state index in [9.17, 15) is 9.59 Å². The van der Waals surface area contributed by atoms with Crippen LogP contribution in [-0.2, 0) is 4.79 Å². The number of hydrogen-bond acceptors (Lipinski definition) is 5. The number of pyridine rings is 2. The highest BCUT2D eigenvalue weighted by Crippen LogP contribution is 2.34. The summed E-state index contributed by atoms with van der Waals surface area (Å²) in [6.07, 6.45) is 3.49. The molecule has 9 nitrogen and oxygen atoms in total. The van der Waals surface area contributed by atoms with Crippen LogP contribution in [-0.4, -0.2) is 45.5 Å². The molecule has 0 fully saturated rings. The molecule has 0 bridgehead atoms. The van der Waals surface area contributed by atoms with E-state index in [1.165, 1.54) is 16.7 Å². The summed E-state index contributed by atoms with van der Waals surface area (Å²) in [4.78, 5) is 43.3. The lowest BCUT2D eigenvalue weighted by Crippen LogP contribution is -2.36. The van der Waals surface area contributed by atoms with Gasteiger partial charge >= 0.3 is 6.03 Å².